The van der Waals surface area contributed by atoms with Crippen molar-refractivity contribution in [3.05, 3.63) is 28.8 Å². The maximum atomic E-state index is 12.2. The van der Waals surface area contributed by atoms with Crippen LogP contribution in [-0.2, 0) is 9.53 Å². The zero-order valence-electron chi connectivity index (χ0n) is 13.2. The largest absolute Gasteiger partial charge is 0.380 e. The second kappa shape index (κ2) is 6.39. The van der Waals surface area contributed by atoms with E-state index in [9.17, 15) is 9.59 Å². The first-order valence-electron chi connectivity index (χ1n) is 7.47. The molecule has 1 aromatic rings. The molecule has 0 aliphatic carbocycles. The number of hydrogen-bond donors (Lipinski definition) is 0. The maximum absolute atomic E-state index is 12.2. The summed E-state index contributed by atoms with van der Waals surface area (Å²) in [5.74, 6) is -0.228. The van der Waals surface area contributed by atoms with E-state index in [1.54, 1.807) is 4.90 Å². The van der Waals surface area contributed by atoms with Crippen molar-refractivity contribution in [3.8, 4) is 0 Å². The number of carbonyl (C=O) groups is 2. The van der Waals surface area contributed by atoms with Crippen molar-refractivity contribution in [1.29, 1.82) is 0 Å². The zero-order valence-corrected chi connectivity index (χ0v) is 13.2. The second-order valence-corrected chi connectivity index (χ2v) is 6.00. The minimum Gasteiger partial charge on any atom is -0.380 e. The van der Waals surface area contributed by atoms with E-state index < -0.39 is 11.7 Å². The summed E-state index contributed by atoms with van der Waals surface area (Å²) in [5, 5.41) is 0. The number of benzene rings is 1. The molecule has 1 amide bonds. The Morgan fingerprint density at radius 2 is 1.76 bits per heavy atom. The number of anilines is 1. The van der Waals surface area contributed by atoms with Crippen molar-refractivity contribution in [2.24, 2.45) is 5.92 Å². The van der Waals surface area contributed by atoms with Gasteiger partial charge in [-0.05, 0) is 37.3 Å². The van der Waals surface area contributed by atoms with E-state index in [1.807, 2.05) is 26.0 Å². The van der Waals surface area contributed by atoms with Crippen molar-refractivity contribution >= 4 is 17.4 Å². The number of fused-ring (bicyclic) bond motifs is 1. The van der Waals surface area contributed by atoms with E-state index in [1.165, 1.54) is 0 Å². The SMILES string of the molecule is Cc1ccc(C)c2c1C(=O)C(=O)N2CCOCCC(C)C. The molecule has 0 radical (unpaired) electrons. The molecule has 0 atom stereocenters. The van der Waals surface area contributed by atoms with Gasteiger partial charge < -0.3 is 9.64 Å². The summed E-state index contributed by atoms with van der Waals surface area (Å²) in [7, 11) is 0. The molecule has 0 saturated carbocycles. The van der Waals surface area contributed by atoms with Crippen LogP contribution in [0.15, 0.2) is 12.1 Å². The topological polar surface area (TPSA) is 46.6 Å². The van der Waals surface area contributed by atoms with Gasteiger partial charge in [-0.3, -0.25) is 9.59 Å². The van der Waals surface area contributed by atoms with Gasteiger partial charge in [0.2, 0.25) is 0 Å². The first kappa shape index (κ1) is 15.7. The Morgan fingerprint density at radius 1 is 1.10 bits per heavy atom. The van der Waals surface area contributed by atoms with E-state index >= 15 is 0 Å². The molecule has 4 heteroatoms. The van der Waals surface area contributed by atoms with E-state index in [2.05, 4.69) is 13.8 Å². The fourth-order valence-corrected chi connectivity index (χ4v) is 2.55. The van der Waals surface area contributed by atoms with Gasteiger partial charge in [0.15, 0.2) is 0 Å². The Bertz CT molecular complexity index is 563. The lowest BCUT2D eigenvalue weighted by Gasteiger charge is -2.19. The Labute approximate surface area is 126 Å². The quantitative estimate of drug-likeness (QED) is 0.597. The Balaban J connectivity index is 2.07. The second-order valence-electron chi connectivity index (χ2n) is 6.00. The number of rotatable bonds is 6. The third kappa shape index (κ3) is 3.16. The van der Waals surface area contributed by atoms with Crippen LogP contribution >= 0.6 is 0 Å². The smallest absolute Gasteiger partial charge is 0.299 e. The monoisotopic (exact) mass is 289 g/mol. The summed E-state index contributed by atoms with van der Waals surface area (Å²) in [5.41, 5.74) is 3.13. The van der Waals surface area contributed by atoms with Crippen LogP contribution in [0.25, 0.3) is 0 Å². The highest BCUT2D eigenvalue weighted by Crippen LogP contribution is 2.34. The minimum absolute atomic E-state index is 0.395. The fraction of sp³-hybridized carbons (Fsp3) is 0.529. The van der Waals surface area contributed by atoms with Crippen LogP contribution in [0.5, 0.6) is 0 Å². The lowest BCUT2D eigenvalue weighted by molar-refractivity contribution is -0.114. The van der Waals surface area contributed by atoms with Crippen LogP contribution < -0.4 is 4.90 Å². The molecular weight excluding hydrogens is 266 g/mol. The van der Waals surface area contributed by atoms with Crippen molar-refractivity contribution in [3.63, 3.8) is 0 Å². The van der Waals surface area contributed by atoms with E-state index in [4.69, 9.17) is 4.74 Å². The van der Waals surface area contributed by atoms with Gasteiger partial charge in [0, 0.05) is 13.2 Å². The van der Waals surface area contributed by atoms with Gasteiger partial charge >= 0.3 is 0 Å². The predicted molar refractivity (Wildman–Crippen MR) is 82.9 cm³/mol. The van der Waals surface area contributed by atoms with Gasteiger partial charge in [0.05, 0.1) is 17.9 Å². The maximum Gasteiger partial charge on any atom is 0.299 e. The summed E-state index contributed by atoms with van der Waals surface area (Å²) in [6.07, 6.45) is 1.00. The highest BCUT2D eigenvalue weighted by atomic mass is 16.5. The number of amides is 1. The first-order valence-corrected chi connectivity index (χ1v) is 7.47. The minimum atomic E-state index is -0.435. The molecule has 1 aliphatic rings. The summed E-state index contributed by atoms with van der Waals surface area (Å²) in [6.45, 7) is 9.66. The molecule has 0 bridgehead atoms. The Kier molecular flexibility index (Phi) is 4.78. The van der Waals surface area contributed by atoms with Crippen LogP contribution in [0, 0.1) is 19.8 Å². The summed E-state index contributed by atoms with van der Waals surface area (Å²) >= 11 is 0. The normalized spacial score (nSPS) is 14.2. The number of ether oxygens (including phenoxy) is 1. The van der Waals surface area contributed by atoms with Crippen LogP contribution in [0.3, 0.4) is 0 Å². The molecule has 0 unspecified atom stereocenters. The molecule has 21 heavy (non-hydrogen) atoms. The number of Topliss-reactive ketones (excluding diaryl/α,β-unsaturated/α-hetero) is 1. The molecule has 0 N–H and O–H groups in total. The van der Waals surface area contributed by atoms with Crippen molar-refractivity contribution in [2.45, 2.75) is 34.1 Å². The fourth-order valence-electron chi connectivity index (χ4n) is 2.55. The molecule has 1 aromatic carbocycles. The molecule has 2 rings (SSSR count). The van der Waals surface area contributed by atoms with Crippen LogP contribution in [0.1, 0.15) is 41.8 Å². The molecule has 1 aliphatic heterocycles. The van der Waals surface area contributed by atoms with Gasteiger partial charge in [-0.2, -0.15) is 0 Å². The number of ketones is 1. The molecule has 0 spiro atoms. The standard InChI is InChI=1S/C17H23NO3/c1-11(2)7-9-21-10-8-18-15-13(4)6-5-12(3)14(15)16(19)17(18)20/h5-6,11H,7-10H2,1-4H3. The Hall–Kier alpha value is -1.68. The van der Waals surface area contributed by atoms with Gasteiger partial charge in [-0.15, -0.1) is 0 Å². The molecule has 1 heterocycles. The van der Waals surface area contributed by atoms with E-state index in [0.717, 1.165) is 23.2 Å². The third-order valence-electron chi connectivity index (χ3n) is 3.82. The molecule has 114 valence electrons. The lowest BCUT2D eigenvalue weighted by Crippen LogP contribution is -2.33. The first-order chi connectivity index (χ1) is 9.93. The van der Waals surface area contributed by atoms with Gasteiger partial charge in [0.25, 0.3) is 11.7 Å². The van der Waals surface area contributed by atoms with Crippen molar-refractivity contribution < 1.29 is 14.3 Å². The van der Waals surface area contributed by atoms with Gasteiger partial charge in [0.1, 0.15) is 0 Å². The predicted octanol–water partition coefficient (Wildman–Crippen LogP) is 2.90. The average Bonchev–Trinajstić information content (AvgIpc) is 2.68. The van der Waals surface area contributed by atoms with Gasteiger partial charge in [-0.25, -0.2) is 0 Å². The van der Waals surface area contributed by atoms with Crippen molar-refractivity contribution in [2.75, 3.05) is 24.7 Å². The lowest BCUT2D eigenvalue weighted by atomic mass is 10.0. The number of hydrogen-bond acceptors (Lipinski definition) is 3. The van der Waals surface area contributed by atoms with E-state index in [0.29, 0.717) is 31.2 Å². The Morgan fingerprint density at radius 3 is 2.43 bits per heavy atom. The highest BCUT2D eigenvalue weighted by Gasteiger charge is 2.37. The van der Waals surface area contributed by atoms with Crippen LogP contribution in [0.2, 0.25) is 0 Å². The number of carbonyl (C=O) groups excluding carboxylic acids is 2. The van der Waals surface area contributed by atoms with E-state index in [-0.39, 0.29) is 0 Å². The summed E-state index contributed by atoms with van der Waals surface area (Å²) in [6, 6.07) is 3.84. The van der Waals surface area contributed by atoms with Gasteiger partial charge in [-0.1, -0.05) is 26.0 Å². The van der Waals surface area contributed by atoms with Crippen molar-refractivity contribution in [1.82, 2.24) is 0 Å². The molecule has 0 fully saturated rings. The summed E-state index contributed by atoms with van der Waals surface area (Å²) < 4.78 is 5.57. The number of nitrogens with zero attached hydrogens (tertiary/aromatic N) is 1. The molecular formula is C17H23NO3. The third-order valence-corrected chi connectivity index (χ3v) is 3.82. The van der Waals surface area contributed by atoms with Crippen LogP contribution in [0.4, 0.5) is 5.69 Å². The summed E-state index contributed by atoms with van der Waals surface area (Å²) in [4.78, 5) is 25.9. The van der Waals surface area contributed by atoms with Crippen LogP contribution in [-0.4, -0.2) is 31.4 Å². The molecule has 0 aromatic heterocycles. The average molecular weight is 289 g/mol. The molecule has 4 nitrogen and oxygen atoms in total. The number of aryl methyl sites for hydroxylation is 2. The molecule has 0 saturated heterocycles. The highest BCUT2D eigenvalue weighted by molar-refractivity contribution is 6.52. The zero-order chi connectivity index (χ0) is 15.6.